The molecule has 0 aromatic heterocycles. The van der Waals surface area contributed by atoms with Crippen LogP contribution < -0.4 is 0 Å². The Kier molecular flexibility index (Phi) is 10.6. The van der Waals surface area contributed by atoms with E-state index in [-0.39, 0.29) is 0 Å². The molecule has 0 aliphatic carbocycles. The Labute approximate surface area is 90.2 Å². The van der Waals surface area contributed by atoms with Gasteiger partial charge in [0.25, 0.3) is 0 Å². The van der Waals surface area contributed by atoms with Crippen LogP contribution in [0.5, 0.6) is 0 Å². The molecule has 0 N–H and O–H groups in total. The molecule has 0 aromatic rings. The number of hydrogen-bond donors (Lipinski definition) is 0. The molecule has 0 fully saturated rings. The second kappa shape index (κ2) is 9.35. The van der Waals surface area contributed by atoms with E-state index in [2.05, 4.69) is 47.1 Å². The highest BCUT2D eigenvalue weighted by atomic mass is 32.1. The molecule has 0 atom stereocenters. The molecule has 0 radical (unpaired) electrons. The van der Waals surface area contributed by atoms with E-state index < -0.39 is 0 Å². The van der Waals surface area contributed by atoms with Gasteiger partial charge in [-0.25, -0.2) is 0 Å². The number of methoxy groups -OCH3 is 2. The molecule has 4 heteroatoms. The van der Waals surface area contributed by atoms with Gasteiger partial charge in [0.2, 0.25) is 0 Å². The Hall–Kier alpha value is -0.740. The van der Waals surface area contributed by atoms with Crippen molar-refractivity contribution in [2.45, 2.75) is 6.92 Å². The molecule has 0 bridgehead atoms. The number of thiocarbonyl (C=S) groups is 2. The monoisotopic (exact) mass is 218 g/mol. The molecule has 0 spiro atoms. The predicted octanol–water partition coefficient (Wildman–Crippen LogP) is 2.68. The number of rotatable bonds is 2. The zero-order valence-electron chi connectivity index (χ0n) is 8.12. The normalized spacial score (nSPS) is 7.31. The quantitative estimate of drug-likeness (QED) is 0.524. The van der Waals surface area contributed by atoms with Crippen LogP contribution in [-0.4, -0.2) is 24.3 Å². The van der Waals surface area contributed by atoms with Crippen LogP contribution in [0.3, 0.4) is 0 Å². The van der Waals surface area contributed by atoms with E-state index in [1.54, 1.807) is 0 Å². The van der Waals surface area contributed by atoms with Crippen LogP contribution in [0.15, 0.2) is 24.8 Å². The van der Waals surface area contributed by atoms with Crippen LogP contribution in [0.25, 0.3) is 0 Å². The lowest BCUT2D eigenvalue weighted by molar-refractivity contribution is 0.415. The summed E-state index contributed by atoms with van der Waals surface area (Å²) < 4.78 is 9.16. The molecule has 74 valence electrons. The number of ether oxygens (including phenoxy) is 2. The van der Waals surface area contributed by atoms with Gasteiger partial charge in [0.05, 0.1) is 14.2 Å². The molecule has 0 heterocycles. The first kappa shape index (κ1) is 14.8. The summed E-state index contributed by atoms with van der Waals surface area (Å²) in [6, 6.07) is 0. The molecule has 2 nitrogen and oxygen atoms in total. The van der Waals surface area contributed by atoms with Crippen molar-refractivity contribution in [1.29, 1.82) is 0 Å². The van der Waals surface area contributed by atoms with Crippen LogP contribution in [0.1, 0.15) is 6.92 Å². The zero-order valence-corrected chi connectivity index (χ0v) is 9.76. The summed E-state index contributed by atoms with van der Waals surface area (Å²) in [6.45, 7) is 8.74. The summed E-state index contributed by atoms with van der Waals surface area (Å²) in [5.41, 5.74) is 0.803. The summed E-state index contributed by atoms with van der Waals surface area (Å²) in [6.07, 6.45) is 1.48. The molecule has 0 rings (SSSR count). The SMILES string of the molecule is C=C(C)C(=S)OC.C=CC(=S)OC. The highest BCUT2D eigenvalue weighted by molar-refractivity contribution is 7.80. The zero-order chi connectivity index (χ0) is 10.9. The van der Waals surface area contributed by atoms with Crippen molar-refractivity contribution in [3.05, 3.63) is 24.8 Å². The highest BCUT2D eigenvalue weighted by Gasteiger charge is 1.89. The third kappa shape index (κ3) is 11.3. The molecule has 0 aliphatic rings. The second-order valence-corrected chi connectivity index (χ2v) is 2.77. The van der Waals surface area contributed by atoms with E-state index >= 15 is 0 Å². The van der Waals surface area contributed by atoms with E-state index in [4.69, 9.17) is 0 Å². The van der Waals surface area contributed by atoms with Crippen LogP contribution in [0, 0.1) is 0 Å². The average molecular weight is 218 g/mol. The number of hydrogen-bond acceptors (Lipinski definition) is 4. The van der Waals surface area contributed by atoms with Crippen molar-refractivity contribution in [1.82, 2.24) is 0 Å². The van der Waals surface area contributed by atoms with Gasteiger partial charge in [0, 0.05) is 0 Å². The fourth-order valence-electron chi connectivity index (χ4n) is 0.258. The van der Waals surface area contributed by atoms with Gasteiger partial charge in [0.1, 0.15) is 0 Å². The Morgan fingerprint density at radius 2 is 1.69 bits per heavy atom. The smallest absolute Gasteiger partial charge is 0.185 e. The van der Waals surface area contributed by atoms with Gasteiger partial charge >= 0.3 is 0 Å². The Morgan fingerprint density at radius 3 is 1.69 bits per heavy atom. The minimum atomic E-state index is 0.440. The van der Waals surface area contributed by atoms with Gasteiger partial charge in [-0.1, -0.05) is 13.2 Å². The highest BCUT2D eigenvalue weighted by Crippen LogP contribution is 1.91. The third-order valence-corrected chi connectivity index (χ3v) is 1.75. The standard InChI is InChI=1S/C5H8OS.C4H6OS/c1-4(2)5(7)6-3;1-3-4(6)5-2/h1H2,2-3H3;3H,1H2,2H3. The molecular formula is C9H14O2S2. The topological polar surface area (TPSA) is 18.5 Å². The maximum absolute atomic E-state index is 4.66. The van der Waals surface area contributed by atoms with Gasteiger partial charge in [-0.05, 0) is 43.0 Å². The van der Waals surface area contributed by atoms with Gasteiger partial charge in [-0.15, -0.1) is 0 Å². The largest absolute Gasteiger partial charge is 0.487 e. The molecule has 0 aliphatic heterocycles. The minimum absolute atomic E-state index is 0.440. The summed E-state index contributed by atoms with van der Waals surface area (Å²) in [7, 11) is 3.06. The Bertz CT molecular complexity index is 210. The summed E-state index contributed by atoms with van der Waals surface area (Å²) >= 11 is 9.17. The summed E-state index contributed by atoms with van der Waals surface area (Å²) in [5.74, 6) is 0. The van der Waals surface area contributed by atoms with Crippen LogP contribution in [0.4, 0.5) is 0 Å². The maximum atomic E-state index is 4.66. The summed E-state index contributed by atoms with van der Waals surface area (Å²) in [5, 5.41) is 0.926. The maximum Gasteiger partial charge on any atom is 0.185 e. The van der Waals surface area contributed by atoms with Crippen molar-refractivity contribution in [2.75, 3.05) is 14.2 Å². The first-order valence-corrected chi connectivity index (χ1v) is 4.25. The van der Waals surface area contributed by atoms with E-state index in [1.165, 1.54) is 20.3 Å². The lowest BCUT2D eigenvalue weighted by atomic mass is 10.4. The van der Waals surface area contributed by atoms with Gasteiger partial charge in [-0.2, -0.15) is 0 Å². The third-order valence-electron chi connectivity index (χ3n) is 0.902. The van der Waals surface area contributed by atoms with Gasteiger partial charge < -0.3 is 9.47 Å². The van der Waals surface area contributed by atoms with Crippen molar-refractivity contribution >= 4 is 34.5 Å². The molecule has 0 saturated carbocycles. The van der Waals surface area contributed by atoms with E-state index in [0.29, 0.717) is 10.1 Å². The minimum Gasteiger partial charge on any atom is -0.487 e. The summed E-state index contributed by atoms with van der Waals surface area (Å²) in [4.78, 5) is 0. The van der Waals surface area contributed by atoms with Crippen LogP contribution in [-0.2, 0) is 9.47 Å². The first-order valence-electron chi connectivity index (χ1n) is 3.43. The molecule has 0 unspecified atom stereocenters. The Morgan fingerprint density at radius 1 is 1.23 bits per heavy atom. The van der Waals surface area contributed by atoms with E-state index in [0.717, 1.165) is 5.57 Å². The lowest BCUT2D eigenvalue weighted by Gasteiger charge is -1.96. The Balaban J connectivity index is 0. The van der Waals surface area contributed by atoms with E-state index in [9.17, 15) is 0 Å². The van der Waals surface area contributed by atoms with E-state index in [1.807, 2.05) is 6.92 Å². The van der Waals surface area contributed by atoms with Crippen LogP contribution >= 0.6 is 24.4 Å². The molecule has 13 heavy (non-hydrogen) atoms. The first-order chi connectivity index (χ1) is 5.99. The van der Waals surface area contributed by atoms with Crippen molar-refractivity contribution < 1.29 is 9.47 Å². The average Bonchev–Trinajstić information content (AvgIpc) is 2.16. The molecule has 0 amide bonds. The molecule has 0 saturated heterocycles. The van der Waals surface area contributed by atoms with Crippen molar-refractivity contribution in [2.24, 2.45) is 0 Å². The predicted molar refractivity (Wildman–Crippen MR) is 64.2 cm³/mol. The van der Waals surface area contributed by atoms with Crippen molar-refractivity contribution in [3.8, 4) is 0 Å². The van der Waals surface area contributed by atoms with Crippen molar-refractivity contribution in [3.63, 3.8) is 0 Å². The molecule has 0 aromatic carbocycles. The van der Waals surface area contributed by atoms with Gasteiger partial charge in [0.15, 0.2) is 10.1 Å². The lowest BCUT2D eigenvalue weighted by Crippen LogP contribution is -1.95. The van der Waals surface area contributed by atoms with Gasteiger partial charge in [-0.3, -0.25) is 0 Å². The fraction of sp³-hybridized carbons (Fsp3) is 0.333. The fourth-order valence-corrected chi connectivity index (χ4v) is 0.258. The van der Waals surface area contributed by atoms with Crippen LogP contribution in [0.2, 0.25) is 0 Å². The second-order valence-electron chi connectivity index (χ2n) is 2.00. The molecular weight excluding hydrogens is 204 g/mol.